The molecule has 0 aliphatic carbocycles. The number of amides is 1. The SMILES string of the molecule is CC(C)NC(=O)CC(CN)N1CCC(C(C)C)C1. The van der Waals surface area contributed by atoms with Gasteiger partial charge < -0.3 is 11.1 Å². The molecule has 0 saturated carbocycles. The standard InChI is InChI=1S/C14H29N3O/c1-10(2)12-5-6-17(9-12)13(8-15)7-14(18)16-11(3)4/h10-13H,5-9,15H2,1-4H3,(H,16,18). The zero-order valence-electron chi connectivity index (χ0n) is 12.3. The topological polar surface area (TPSA) is 58.4 Å². The molecule has 0 aromatic carbocycles. The zero-order chi connectivity index (χ0) is 13.7. The van der Waals surface area contributed by atoms with Crippen LogP contribution in [0.2, 0.25) is 0 Å². The zero-order valence-corrected chi connectivity index (χ0v) is 12.3. The lowest BCUT2D eigenvalue weighted by Gasteiger charge is -2.27. The number of nitrogens with one attached hydrogen (secondary N) is 1. The van der Waals surface area contributed by atoms with Crippen molar-refractivity contribution in [2.45, 2.75) is 52.6 Å². The van der Waals surface area contributed by atoms with Gasteiger partial charge in [0.05, 0.1) is 0 Å². The van der Waals surface area contributed by atoms with Gasteiger partial charge in [-0.15, -0.1) is 0 Å². The second-order valence-corrected chi connectivity index (χ2v) is 6.10. The van der Waals surface area contributed by atoms with Crippen LogP contribution in [0.1, 0.15) is 40.5 Å². The van der Waals surface area contributed by atoms with Gasteiger partial charge in [0, 0.05) is 31.6 Å². The highest BCUT2D eigenvalue weighted by molar-refractivity contribution is 5.76. The molecule has 1 rings (SSSR count). The third-order valence-electron chi connectivity index (χ3n) is 3.86. The van der Waals surface area contributed by atoms with Crippen LogP contribution in [0.5, 0.6) is 0 Å². The van der Waals surface area contributed by atoms with Crippen molar-refractivity contribution in [3.8, 4) is 0 Å². The maximum absolute atomic E-state index is 11.8. The Hall–Kier alpha value is -0.610. The van der Waals surface area contributed by atoms with Gasteiger partial charge in [-0.2, -0.15) is 0 Å². The third kappa shape index (κ3) is 4.58. The van der Waals surface area contributed by atoms with Crippen LogP contribution in [-0.4, -0.2) is 42.5 Å². The van der Waals surface area contributed by atoms with Crippen LogP contribution < -0.4 is 11.1 Å². The number of likely N-dealkylation sites (tertiary alicyclic amines) is 1. The van der Waals surface area contributed by atoms with Crippen LogP contribution in [0.4, 0.5) is 0 Å². The number of hydrogen-bond acceptors (Lipinski definition) is 3. The number of nitrogens with two attached hydrogens (primary N) is 1. The molecule has 0 spiro atoms. The van der Waals surface area contributed by atoms with Crippen molar-refractivity contribution in [2.75, 3.05) is 19.6 Å². The highest BCUT2D eigenvalue weighted by Crippen LogP contribution is 2.25. The number of rotatable bonds is 6. The molecule has 18 heavy (non-hydrogen) atoms. The summed E-state index contributed by atoms with van der Waals surface area (Å²) in [5.41, 5.74) is 5.83. The molecule has 2 unspecified atom stereocenters. The summed E-state index contributed by atoms with van der Waals surface area (Å²) in [6.45, 7) is 11.3. The molecular weight excluding hydrogens is 226 g/mol. The Morgan fingerprint density at radius 1 is 1.39 bits per heavy atom. The van der Waals surface area contributed by atoms with Crippen LogP contribution in [0, 0.1) is 11.8 Å². The minimum Gasteiger partial charge on any atom is -0.354 e. The molecule has 1 aliphatic rings. The molecule has 2 atom stereocenters. The summed E-state index contributed by atoms with van der Waals surface area (Å²) < 4.78 is 0. The molecule has 1 fully saturated rings. The minimum absolute atomic E-state index is 0.119. The van der Waals surface area contributed by atoms with Crippen molar-refractivity contribution in [3.05, 3.63) is 0 Å². The first-order chi connectivity index (χ1) is 8.43. The lowest BCUT2D eigenvalue weighted by Crippen LogP contribution is -2.44. The normalized spacial score (nSPS) is 22.7. The predicted octanol–water partition coefficient (Wildman–Crippen LogP) is 1.21. The highest BCUT2D eigenvalue weighted by atomic mass is 16.1. The Labute approximate surface area is 111 Å². The van der Waals surface area contributed by atoms with Gasteiger partial charge in [0.15, 0.2) is 0 Å². The van der Waals surface area contributed by atoms with E-state index in [1.54, 1.807) is 0 Å². The second kappa shape index (κ2) is 7.10. The fraction of sp³-hybridized carbons (Fsp3) is 0.929. The summed E-state index contributed by atoms with van der Waals surface area (Å²) in [7, 11) is 0. The van der Waals surface area contributed by atoms with Crippen molar-refractivity contribution < 1.29 is 4.79 Å². The average Bonchev–Trinajstić information content (AvgIpc) is 2.74. The second-order valence-electron chi connectivity index (χ2n) is 6.10. The van der Waals surface area contributed by atoms with Crippen LogP contribution in [0.3, 0.4) is 0 Å². The van der Waals surface area contributed by atoms with Crippen molar-refractivity contribution in [1.82, 2.24) is 10.2 Å². The number of nitrogens with zero attached hydrogens (tertiary/aromatic N) is 1. The van der Waals surface area contributed by atoms with Crippen LogP contribution in [-0.2, 0) is 4.79 Å². The van der Waals surface area contributed by atoms with Gasteiger partial charge in [0.2, 0.25) is 5.91 Å². The molecule has 1 heterocycles. The number of carbonyl (C=O) groups is 1. The number of carbonyl (C=O) groups excluding carboxylic acids is 1. The predicted molar refractivity (Wildman–Crippen MR) is 75.3 cm³/mol. The Bertz CT molecular complexity index is 266. The summed E-state index contributed by atoms with van der Waals surface area (Å²) in [5.74, 6) is 1.60. The molecule has 106 valence electrons. The Morgan fingerprint density at radius 3 is 2.50 bits per heavy atom. The molecular formula is C14H29N3O. The van der Waals surface area contributed by atoms with E-state index < -0.39 is 0 Å². The van der Waals surface area contributed by atoms with Gasteiger partial charge in [0.1, 0.15) is 0 Å². The van der Waals surface area contributed by atoms with Crippen molar-refractivity contribution in [2.24, 2.45) is 17.6 Å². The quantitative estimate of drug-likeness (QED) is 0.750. The third-order valence-corrected chi connectivity index (χ3v) is 3.86. The summed E-state index contributed by atoms with van der Waals surface area (Å²) in [6, 6.07) is 0.408. The van der Waals surface area contributed by atoms with E-state index >= 15 is 0 Å². The van der Waals surface area contributed by atoms with Gasteiger partial charge in [-0.25, -0.2) is 0 Å². The smallest absolute Gasteiger partial charge is 0.221 e. The van der Waals surface area contributed by atoms with Gasteiger partial charge in [-0.05, 0) is 38.6 Å². The molecule has 0 radical (unpaired) electrons. The van der Waals surface area contributed by atoms with E-state index in [0.29, 0.717) is 13.0 Å². The largest absolute Gasteiger partial charge is 0.354 e. The minimum atomic E-state index is 0.119. The lowest BCUT2D eigenvalue weighted by molar-refractivity contribution is -0.122. The maximum Gasteiger partial charge on any atom is 0.221 e. The highest BCUT2D eigenvalue weighted by Gasteiger charge is 2.30. The molecule has 0 aromatic rings. The fourth-order valence-corrected chi connectivity index (χ4v) is 2.65. The lowest BCUT2D eigenvalue weighted by atomic mass is 9.95. The van der Waals surface area contributed by atoms with E-state index in [-0.39, 0.29) is 18.0 Å². The van der Waals surface area contributed by atoms with E-state index in [4.69, 9.17) is 5.73 Å². The summed E-state index contributed by atoms with van der Waals surface area (Å²) in [6.07, 6.45) is 1.76. The molecule has 3 N–H and O–H groups in total. The van der Waals surface area contributed by atoms with Crippen molar-refractivity contribution in [3.63, 3.8) is 0 Å². The molecule has 0 bridgehead atoms. The first kappa shape index (κ1) is 15.4. The fourth-order valence-electron chi connectivity index (χ4n) is 2.65. The molecule has 0 aromatic heterocycles. The summed E-state index contributed by atoms with van der Waals surface area (Å²) in [5, 5.41) is 2.94. The van der Waals surface area contributed by atoms with E-state index in [9.17, 15) is 4.79 Å². The first-order valence-corrected chi connectivity index (χ1v) is 7.17. The van der Waals surface area contributed by atoms with Gasteiger partial charge in [0.25, 0.3) is 0 Å². The van der Waals surface area contributed by atoms with Crippen molar-refractivity contribution >= 4 is 5.91 Å². The first-order valence-electron chi connectivity index (χ1n) is 7.17. The molecule has 1 aliphatic heterocycles. The molecule has 1 amide bonds. The van der Waals surface area contributed by atoms with Gasteiger partial charge in [-0.1, -0.05) is 13.8 Å². The van der Waals surface area contributed by atoms with E-state index in [1.807, 2.05) is 13.8 Å². The van der Waals surface area contributed by atoms with E-state index in [1.165, 1.54) is 6.42 Å². The van der Waals surface area contributed by atoms with Crippen LogP contribution in [0.15, 0.2) is 0 Å². The van der Waals surface area contributed by atoms with Crippen LogP contribution in [0.25, 0.3) is 0 Å². The Kier molecular flexibility index (Phi) is 6.09. The van der Waals surface area contributed by atoms with E-state index in [0.717, 1.165) is 24.9 Å². The summed E-state index contributed by atoms with van der Waals surface area (Å²) >= 11 is 0. The maximum atomic E-state index is 11.8. The van der Waals surface area contributed by atoms with Crippen molar-refractivity contribution in [1.29, 1.82) is 0 Å². The number of hydrogen-bond donors (Lipinski definition) is 2. The van der Waals surface area contributed by atoms with E-state index in [2.05, 4.69) is 24.1 Å². The summed E-state index contributed by atoms with van der Waals surface area (Å²) in [4.78, 5) is 14.2. The molecule has 1 saturated heterocycles. The molecule has 4 heteroatoms. The average molecular weight is 255 g/mol. The monoisotopic (exact) mass is 255 g/mol. The van der Waals surface area contributed by atoms with Crippen LogP contribution >= 0.6 is 0 Å². The Balaban J connectivity index is 2.44. The van der Waals surface area contributed by atoms with Gasteiger partial charge in [-0.3, -0.25) is 9.69 Å². The Morgan fingerprint density at radius 2 is 2.06 bits per heavy atom. The molecule has 4 nitrogen and oxygen atoms in total. The van der Waals surface area contributed by atoms with Gasteiger partial charge >= 0.3 is 0 Å².